The Balaban J connectivity index is 2.25. The van der Waals surface area contributed by atoms with Gasteiger partial charge < -0.3 is 14.8 Å². The number of halogens is 2. The molecule has 2 atom stereocenters. The number of benzene rings is 1. The first-order chi connectivity index (χ1) is 9.24. The third-order valence-corrected chi connectivity index (χ3v) is 3.14. The van der Waals surface area contributed by atoms with Gasteiger partial charge in [-0.15, -0.1) is 0 Å². The maximum absolute atomic E-state index is 13.9. The fourth-order valence-corrected chi connectivity index (χ4v) is 2.23. The van der Waals surface area contributed by atoms with Crippen LogP contribution in [0.15, 0.2) is 18.2 Å². The van der Waals surface area contributed by atoms with Crippen LogP contribution in [-0.2, 0) is 9.47 Å². The molecule has 2 rings (SSSR count). The summed E-state index contributed by atoms with van der Waals surface area (Å²) in [6.45, 7) is 3.98. The van der Waals surface area contributed by atoms with E-state index in [0.717, 1.165) is 6.42 Å². The van der Waals surface area contributed by atoms with Gasteiger partial charge in [0.25, 0.3) is 0 Å². The van der Waals surface area contributed by atoms with E-state index in [9.17, 15) is 8.78 Å². The van der Waals surface area contributed by atoms with Crippen molar-refractivity contribution in [1.29, 1.82) is 0 Å². The second kappa shape index (κ2) is 6.93. The van der Waals surface area contributed by atoms with Crippen LogP contribution < -0.4 is 5.32 Å². The molecule has 1 fully saturated rings. The SMILES string of the molecule is CCCNC(c1c(F)cccc1F)C1COCCO1. The van der Waals surface area contributed by atoms with E-state index in [1.807, 2.05) is 6.92 Å². The monoisotopic (exact) mass is 271 g/mol. The first kappa shape index (κ1) is 14.4. The van der Waals surface area contributed by atoms with Crippen molar-refractivity contribution in [3.05, 3.63) is 35.4 Å². The van der Waals surface area contributed by atoms with E-state index >= 15 is 0 Å². The van der Waals surface area contributed by atoms with Crippen LogP contribution in [0, 0.1) is 11.6 Å². The highest BCUT2D eigenvalue weighted by molar-refractivity contribution is 5.24. The largest absolute Gasteiger partial charge is 0.376 e. The average molecular weight is 271 g/mol. The van der Waals surface area contributed by atoms with Gasteiger partial charge in [-0.2, -0.15) is 0 Å². The van der Waals surface area contributed by atoms with E-state index in [2.05, 4.69) is 5.32 Å². The van der Waals surface area contributed by atoms with Crippen LogP contribution in [0.25, 0.3) is 0 Å². The summed E-state index contributed by atoms with van der Waals surface area (Å²) in [4.78, 5) is 0. The summed E-state index contributed by atoms with van der Waals surface area (Å²) in [7, 11) is 0. The lowest BCUT2D eigenvalue weighted by Crippen LogP contribution is -2.41. The van der Waals surface area contributed by atoms with Gasteiger partial charge in [0.15, 0.2) is 0 Å². The Hall–Kier alpha value is -1.04. The summed E-state index contributed by atoms with van der Waals surface area (Å²) in [6.07, 6.45) is 0.506. The summed E-state index contributed by atoms with van der Waals surface area (Å²) in [5, 5.41) is 3.15. The summed E-state index contributed by atoms with van der Waals surface area (Å²) >= 11 is 0. The summed E-state index contributed by atoms with van der Waals surface area (Å²) < 4.78 is 38.7. The molecule has 1 N–H and O–H groups in total. The lowest BCUT2D eigenvalue weighted by Gasteiger charge is -2.31. The standard InChI is InChI=1S/C14H19F2NO2/c1-2-6-17-14(12-9-18-7-8-19-12)13-10(15)4-3-5-11(13)16/h3-5,12,14,17H,2,6-9H2,1H3. The fraction of sp³-hybridized carbons (Fsp3) is 0.571. The second-order valence-electron chi connectivity index (χ2n) is 4.55. The normalized spacial score (nSPS) is 21.3. The van der Waals surface area contributed by atoms with Gasteiger partial charge in [0, 0.05) is 5.56 Å². The van der Waals surface area contributed by atoms with Crippen molar-refractivity contribution in [2.24, 2.45) is 0 Å². The van der Waals surface area contributed by atoms with Gasteiger partial charge in [-0.05, 0) is 25.1 Å². The van der Waals surface area contributed by atoms with Crippen LogP contribution in [-0.4, -0.2) is 32.5 Å². The maximum atomic E-state index is 13.9. The lowest BCUT2D eigenvalue weighted by molar-refractivity contribution is -0.103. The minimum Gasteiger partial charge on any atom is -0.376 e. The Kier molecular flexibility index (Phi) is 5.24. The van der Waals surface area contributed by atoms with Crippen molar-refractivity contribution >= 4 is 0 Å². The summed E-state index contributed by atoms with van der Waals surface area (Å²) in [5.74, 6) is -1.11. The van der Waals surface area contributed by atoms with Crippen molar-refractivity contribution in [3.63, 3.8) is 0 Å². The van der Waals surface area contributed by atoms with Gasteiger partial charge in [-0.25, -0.2) is 8.78 Å². The molecular formula is C14H19F2NO2. The molecule has 1 saturated heterocycles. The molecule has 0 saturated carbocycles. The lowest BCUT2D eigenvalue weighted by atomic mass is 9.99. The zero-order valence-corrected chi connectivity index (χ0v) is 11.0. The second-order valence-corrected chi connectivity index (χ2v) is 4.55. The molecule has 1 heterocycles. The van der Waals surface area contributed by atoms with E-state index in [1.165, 1.54) is 18.2 Å². The van der Waals surface area contributed by atoms with Crippen LogP contribution in [0.3, 0.4) is 0 Å². The Morgan fingerprint density at radius 3 is 2.63 bits per heavy atom. The van der Waals surface area contributed by atoms with E-state index in [1.54, 1.807) is 0 Å². The molecule has 5 heteroatoms. The summed E-state index contributed by atoms with van der Waals surface area (Å²) in [5.41, 5.74) is 0.0338. The van der Waals surface area contributed by atoms with Crippen molar-refractivity contribution in [2.45, 2.75) is 25.5 Å². The third kappa shape index (κ3) is 3.49. The molecule has 19 heavy (non-hydrogen) atoms. The predicted molar refractivity (Wildman–Crippen MR) is 68.0 cm³/mol. The minimum absolute atomic E-state index is 0.0338. The zero-order valence-electron chi connectivity index (χ0n) is 11.0. The van der Waals surface area contributed by atoms with Crippen LogP contribution >= 0.6 is 0 Å². The highest BCUT2D eigenvalue weighted by Crippen LogP contribution is 2.26. The molecule has 0 bridgehead atoms. The Morgan fingerprint density at radius 1 is 1.32 bits per heavy atom. The van der Waals surface area contributed by atoms with E-state index < -0.39 is 17.7 Å². The fourth-order valence-electron chi connectivity index (χ4n) is 2.23. The van der Waals surface area contributed by atoms with Crippen molar-refractivity contribution < 1.29 is 18.3 Å². The Morgan fingerprint density at radius 2 is 2.05 bits per heavy atom. The molecule has 0 aliphatic carbocycles. The third-order valence-electron chi connectivity index (χ3n) is 3.14. The smallest absolute Gasteiger partial charge is 0.131 e. The van der Waals surface area contributed by atoms with E-state index in [4.69, 9.17) is 9.47 Å². The van der Waals surface area contributed by atoms with Gasteiger partial charge >= 0.3 is 0 Å². The molecule has 0 spiro atoms. The van der Waals surface area contributed by atoms with Gasteiger partial charge in [0.2, 0.25) is 0 Å². The molecule has 1 aromatic rings. The molecule has 1 aliphatic heterocycles. The maximum Gasteiger partial charge on any atom is 0.131 e. The molecule has 0 radical (unpaired) electrons. The quantitative estimate of drug-likeness (QED) is 0.892. The van der Waals surface area contributed by atoms with Gasteiger partial charge in [-0.3, -0.25) is 0 Å². The number of rotatable bonds is 5. The highest BCUT2D eigenvalue weighted by atomic mass is 19.1. The van der Waals surface area contributed by atoms with Crippen molar-refractivity contribution in [1.82, 2.24) is 5.32 Å². The molecule has 1 aliphatic rings. The molecule has 2 unspecified atom stereocenters. The van der Waals surface area contributed by atoms with Gasteiger partial charge in [-0.1, -0.05) is 13.0 Å². The number of ether oxygens (including phenoxy) is 2. The van der Waals surface area contributed by atoms with Crippen LogP contribution in [0.5, 0.6) is 0 Å². The van der Waals surface area contributed by atoms with Gasteiger partial charge in [0.05, 0.1) is 25.9 Å². The average Bonchev–Trinajstić information content (AvgIpc) is 2.43. The molecule has 0 amide bonds. The summed E-state index contributed by atoms with van der Waals surface area (Å²) in [6, 6.07) is 3.37. The molecule has 106 valence electrons. The van der Waals surface area contributed by atoms with Crippen molar-refractivity contribution in [2.75, 3.05) is 26.4 Å². The van der Waals surface area contributed by atoms with Crippen molar-refractivity contribution in [3.8, 4) is 0 Å². The molecular weight excluding hydrogens is 252 g/mol. The predicted octanol–water partition coefficient (Wildman–Crippen LogP) is 2.42. The van der Waals surface area contributed by atoms with Crippen LogP contribution in [0.2, 0.25) is 0 Å². The molecule has 3 nitrogen and oxygen atoms in total. The number of hydrogen-bond acceptors (Lipinski definition) is 3. The molecule has 0 aromatic heterocycles. The van der Waals surface area contributed by atoms with E-state index in [0.29, 0.717) is 26.4 Å². The minimum atomic E-state index is -0.553. The van der Waals surface area contributed by atoms with Crippen LogP contribution in [0.4, 0.5) is 8.78 Å². The van der Waals surface area contributed by atoms with E-state index in [-0.39, 0.29) is 11.7 Å². The zero-order chi connectivity index (χ0) is 13.7. The highest BCUT2D eigenvalue weighted by Gasteiger charge is 2.30. The topological polar surface area (TPSA) is 30.5 Å². The molecule has 1 aromatic carbocycles. The number of hydrogen-bond donors (Lipinski definition) is 1. The Bertz CT molecular complexity index is 388. The Labute approximate surface area is 111 Å². The first-order valence-electron chi connectivity index (χ1n) is 6.60. The van der Waals surface area contributed by atoms with Gasteiger partial charge in [0.1, 0.15) is 17.7 Å². The van der Waals surface area contributed by atoms with Crippen LogP contribution in [0.1, 0.15) is 24.9 Å². The first-order valence-corrected chi connectivity index (χ1v) is 6.60. The number of nitrogens with one attached hydrogen (secondary N) is 1.